The van der Waals surface area contributed by atoms with E-state index < -0.39 is 23.5 Å². The maximum atomic E-state index is 13.7. The molecule has 4 N–H and O–H groups in total. The number of carbonyl (C=O) groups is 4. The van der Waals surface area contributed by atoms with Gasteiger partial charge in [-0.2, -0.15) is 0 Å². The Hall–Kier alpha value is -2.94. The van der Waals surface area contributed by atoms with Crippen LogP contribution in [0.2, 0.25) is 0 Å². The van der Waals surface area contributed by atoms with Crippen LogP contribution in [0.25, 0.3) is 0 Å². The van der Waals surface area contributed by atoms with Crippen LogP contribution in [-0.4, -0.2) is 66.3 Å². The molecule has 0 bridgehead atoms. The zero-order valence-corrected chi connectivity index (χ0v) is 20.4. The van der Waals surface area contributed by atoms with Crippen molar-refractivity contribution in [1.29, 1.82) is 0 Å². The Morgan fingerprint density at radius 1 is 1.12 bits per heavy atom. The lowest BCUT2D eigenvalue weighted by molar-refractivity contribution is -0.144. The minimum atomic E-state index is -0.832. The first kappa shape index (κ1) is 26.3. The number of rotatable bonds is 8. The van der Waals surface area contributed by atoms with Crippen LogP contribution in [0.1, 0.15) is 46.6 Å². The van der Waals surface area contributed by atoms with E-state index in [2.05, 4.69) is 21.3 Å². The second-order valence-electron chi connectivity index (χ2n) is 9.66. The molecule has 1 heterocycles. The van der Waals surface area contributed by atoms with E-state index in [9.17, 15) is 19.2 Å². The van der Waals surface area contributed by atoms with E-state index in [1.807, 2.05) is 51.1 Å². The van der Waals surface area contributed by atoms with Crippen molar-refractivity contribution in [3.8, 4) is 0 Å². The summed E-state index contributed by atoms with van der Waals surface area (Å²) in [6, 6.07) is 7.10. The Bertz CT molecular complexity index is 852. The number of likely N-dealkylation sites (N-methyl/N-ethyl adjacent to an activating group) is 1. The van der Waals surface area contributed by atoms with Gasteiger partial charge < -0.3 is 26.2 Å². The third kappa shape index (κ3) is 7.28. The molecule has 9 heteroatoms. The van der Waals surface area contributed by atoms with E-state index in [-0.39, 0.29) is 36.2 Å². The van der Waals surface area contributed by atoms with Gasteiger partial charge in [0, 0.05) is 26.1 Å². The molecule has 1 aliphatic heterocycles. The van der Waals surface area contributed by atoms with Gasteiger partial charge in [-0.15, -0.1) is 0 Å². The van der Waals surface area contributed by atoms with Crippen molar-refractivity contribution in [3.05, 3.63) is 35.9 Å². The third-order valence-electron chi connectivity index (χ3n) is 5.83. The highest BCUT2D eigenvalue weighted by Gasteiger charge is 2.45. The summed E-state index contributed by atoms with van der Waals surface area (Å²) in [6.45, 7) is 9.26. The molecule has 4 atom stereocenters. The van der Waals surface area contributed by atoms with Crippen LogP contribution in [0.3, 0.4) is 0 Å². The van der Waals surface area contributed by atoms with Crippen molar-refractivity contribution in [3.63, 3.8) is 0 Å². The van der Waals surface area contributed by atoms with Crippen molar-refractivity contribution in [1.82, 2.24) is 26.2 Å². The highest BCUT2D eigenvalue weighted by Crippen LogP contribution is 2.26. The molecular weight excluding hydrogens is 422 g/mol. The molecule has 0 aliphatic carbocycles. The number of benzene rings is 1. The molecule has 1 aromatic carbocycles. The van der Waals surface area contributed by atoms with Gasteiger partial charge in [0.2, 0.25) is 23.6 Å². The number of carbonyl (C=O) groups excluding carboxylic acids is 4. The Morgan fingerprint density at radius 3 is 2.30 bits per heavy atom. The Morgan fingerprint density at radius 2 is 1.76 bits per heavy atom. The van der Waals surface area contributed by atoms with Crippen LogP contribution in [-0.2, 0) is 25.7 Å². The predicted molar refractivity (Wildman–Crippen MR) is 126 cm³/mol. The number of nitrogens with zero attached hydrogens (tertiary/aromatic N) is 1. The Balaban J connectivity index is 2.23. The normalized spacial score (nSPS) is 20.0. The fraction of sp³-hybridized carbons (Fsp3) is 0.583. The molecule has 33 heavy (non-hydrogen) atoms. The first-order chi connectivity index (χ1) is 15.4. The summed E-state index contributed by atoms with van der Waals surface area (Å²) < 4.78 is 0. The minimum Gasteiger partial charge on any atom is -0.352 e. The molecule has 0 spiro atoms. The Labute approximate surface area is 196 Å². The van der Waals surface area contributed by atoms with Crippen molar-refractivity contribution in [2.24, 2.45) is 5.41 Å². The van der Waals surface area contributed by atoms with Gasteiger partial charge >= 0.3 is 0 Å². The molecule has 0 unspecified atom stereocenters. The van der Waals surface area contributed by atoms with Gasteiger partial charge in [0.15, 0.2) is 0 Å². The second-order valence-corrected chi connectivity index (χ2v) is 9.66. The second kappa shape index (κ2) is 11.3. The van der Waals surface area contributed by atoms with E-state index >= 15 is 0 Å². The number of amides is 4. The maximum absolute atomic E-state index is 13.7. The van der Waals surface area contributed by atoms with Crippen molar-refractivity contribution < 1.29 is 19.2 Å². The molecule has 2 rings (SSSR count). The highest BCUT2D eigenvalue weighted by molar-refractivity contribution is 5.94. The van der Waals surface area contributed by atoms with Crippen molar-refractivity contribution in [2.75, 3.05) is 13.6 Å². The molecule has 1 fully saturated rings. The summed E-state index contributed by atoms with van der Waals surface area (Å²) in [5.74, 6) is -1.15. The average molecular weight is 460 g/mol. The largest absolute Gasteiger partial charge is 0.352 e. The number of likely N-dealkylation sites (tertiary alicyclic amines) is 1. The molecular formula is C24H37N5O4. The van der Waals surface area contributed by atoms with Crippen LogP contribution >= 0.6 is 0 Å². The highest BCUT2D eigenvalue weighted by atomic mass is 16.2. The maximum Gasteiger partial charge on any atom is 0.246 e. The molecule has 0 radical (unpaired) electrons. The van der Waals surface area contributed by atoms with Crippen LogP contribution < -0.4 is 21.3 Å². The summed E-state index contributed by atoms with van der Waals surface area (Å²) in [4.78, 5) is 52.4. The molecule has 9 nitrogen and oxygen atoms in total. The monoisotopic (exact) mass is 459 g/mol. The van der Waals surface area contributed by atoms with Gasteiger partial charge in [-0.3, -0.25) is 19.2 Å². The quantitative estimate of drug-likeness (QED) is 0.453. The Kier molecular flexibility index (Phi) is 8.99. The van der Waals surface area contributed by atoms with Gasteiger partial charge in [-0.1, -0.05) is 51.1 Å². The summed E-state index contributed by atoms with van der Waals surface area (Å²) in [6.07, 6.45) is 0.309. The van der Waals surface area contributed by atoms with Gasteiger partial charge in [0.1, 0.15) is 12.1 Å². The van der Waals surface area contributed by atoms with E-state index in [0.717, 1.165) is 5.56 Å². The molecule has 0 saturated carbocycles. The summed E-state index contributed by atoms with van der Waals surface area (Å²) in [5, 5.41) is 11.4. The summed E-state index contributed by atoms with van der Waals surface area (Å²) in [5.41, 5.74) is 0.359. The molecule has 1 aromatic rings. The standard InChI is InChI=1S/C24H37N5O4/c1-15(25-6)21(31)28-20(24(3,4)5)23(33)29-14-18(27-16(2)30)12-19(29)22(32)26-13-17-10-8-7-9-11-17/h7-11,15,18-20,25H,12-14H2,1-6H3,(H,26,32)(H,27,30)(H,28,31)/t15-,18-,19-,20+/m0/s1. The topological polar surface area (TPSA) is 120 Å². The van der Waals surface area contributed by atoms with Crippen LogP contribution in [0.15, 0.2) is 30.3 Å². The zero-order chi connectivity index (χ0) is 24.8. The van der Waals surface area contributed by atoms with Crippen LogP contribution in [0.5, 0.6) is 0 Å². The van der Waals surface area contributed by atoms with E-state index in [1.54, 1.807) is 14.0 Å². The van der Waals surface area contributed by atoms with Crippen LogP contribution in [0, 0.1) is 5.41 Å². The number of hydrogen-bond acceptors (Lipinski definition) is 5. The van der Waals surface area contributed by atoms with E-state index in [4.69, 9.17) is 0 Å². The van der Waals surface area contributed by atoms with Gasteiger partial charge in [-0.05, 0) is 31.4 Å². The average Bonchev–Trinajstić information content (AvgIpc) is 3.17. The summed E-state index contributed by atoms with van der Waals surface area (Å²) >= 11 is 0. The molecule has 1 saturated heterocycles. The SMILES string of the molecule is CN[C@@H](C)C(=O)N[C@H](C(=O)N1C[C@@H](NC(C)=O)C[C@H]1C(=O)NCc1ccccc1)C(C)(C)C. The van der Waals surface area contributed by atoms with E-state index in [1.165, 1.54) is 11.8 Å². The van der Waals surface area contributed by atoms with Crippen LogP contribution in [0.4, 0.5) is 0 Å². The smallest absolute Gasteiger partial charge is 0.246 e. The van der Waals surface area contributed by atoms with Crippen molar-refractivity contribution >= 4 is 23.6 Å². The summed E-state index contributed by atoms with van der Waals surface area (Å²) in [7, 11) is 1.67. The molecule has 4 amide bonds. The molecule has 1 aliphatic rings. The first-order valence-corrected chi connectivity index (χ1v) is 11.3. The van der Waals surface area contributed by atoms with Gasteiger partial charge in [0.25, 0.3) is 0 Å². The molecule has 0 aromatic heterocycles. The lowest BCUT2D eigenvalue weighted by Crippen LogP contribution is -2.59. The molecule has 182 valence electrons. The fourth-order valence-electron chi connectivity index (χ4n) is 3.84. The van der Waals surface area contributed by atoms with Crippen molar-refractivity contribution in [2.45, 2.75) is 71.8 Å². The lowest BCUT2D eigenvalue weighted by atomic mass is 9.85. The fourth-order valence-corrected chi connectivity index (χ4v) is 3.84. The van der Waals surface area contributed by atoms with Gasteiger partial charge in [-0.25, -0.2) is 0 Å². The van der Waals surface area contributed by atoms with E-state index in [0.29, 0.717) is 13.0 Å². The lowest BCUT2D eigenvalue weighted by Gasteiger charge is -2.36. The number of nitrogens with one attached hydrogen (secondary N) is 4. The first-order valence-electron chi connectivity index (χ1n) is 11.3. The minimum absolute atomic E-state index is 0.200. The zero-order valence-electron chi connectivity index (χ0n) is 20.4. The number of hydrogen-bond donors (Lipinski definition) is 4. The van der Waals surface area contributed by atoms with Gasteiger partial charge in [0.05, 0.1) is 6.04 Å². The predicted octanol–water partition coefficient (Wildman–Crippen LogP) is 0.547. The third-order valence-corrected chi connectivity index (χ3v) is 5.83.